The average molecular weight is 448 g/mol. The van der Waals surface area contributed by atoms with Crippen LogP contribution in [0.5, 0.6) is 0 Å². The Kier molecular flexibility index (Phi) is 5.56. The Morgan fingerprint density at radius 1 is 1.10 bits per heavy atom. The Bertz CT molecular complexity index is 1130. The number of aromatic nitrogens is 1. The van der Waals surface area contributed by atoms with Crippen LogP contribution in [-0.4, -0.2) is 54.7 Å². The molecule has 0 spiro atoms. The number of amides is 1. The maximum absolute atomic E-state index is 13.0. The normalized spacial score (nSPS) is 15.6. The molecular weight excluding hydrogens is 426 g/mol. The second-order valence-electron chi connectivity index (χ2n) is 6.97. The van der Waals surface area contributed by atoms with Crippen LogP contribution < -0.4 is 0 Å². The summed E-state index contributed by atoms with van der Waals surface area (Å²) in [5.41, 5.74) is 1.78. The maximum atomic E-state index is 13.0. The Morgan fingerprint density at radius 2 is 1.86 bits per heavy atom. The quantitative estimate of drug-likeness (QED) is 0.612. The molecule has 0 aliphatic carbocycles. The van der Waals surface area contributed by atoms with Crippen molar-refractivity contribution in [3.63, 3.8) is 0 Å². The van der Waals surface area contributed by atoms with Crippen molar-refractivity contribution < 1.29 is 13.2 Å². The number of rotatable bonds is 4. The van der Waals surface area contributed by atoms with E-state index in [0.717, 1.165) is 21.0 Å². The van der Waals surface area contributed by atoms with Gasteiger partial charge >= 0.3 is 0 Å². The highest BCUT2D eigenvalue weighted by atomic mass is 32.2. The van der Waals surface area contributed by atoms with E-state index in [1.807, 2.05) is 43.5 Å². The van der Waals surface area contributed by atoms with E-state index < -0.39 is 10.0 Å². The summed E-state index contributed by atoms with van der Waals surface area (Å²) >= 11 is 2.96. The number of hydrogen-bond acceptors (Lipinski definition) is 6. The smallest absolute Gasteiger partial charge is 0.265 e. The molecular formula is C20H21N3O3S3. The fraction of sp³-hybridized carbons (Fsp3) is 0.300. The fourth-order valence-corrected chi connectivity index (χ4v) is 6.72. The topological polar surface area (TPSA) is 70.6 Å². The van der Waals surface area contributed by atoms with Gasteiger partial charge in [-0.25, -0.2) is 13.4 Å². The number of carbonyl (C=O) groups is 1. The molecule has 1 aliphatic heterocycles. The number of hydrogen-bond donors (Lipinski definition) is 0. The van der Waals surface area contributed by atoms with E-state index in [9.17, 15) is 13.2 Å². The number of benzene rings is 1. The van der Waals surface area contributed by atoms with E-state index in [2.05, 4.69) is 4.98 Å². The van der Waals surface area contributed by atoms with Crippen LogP contribution in [0.4, 0.5) is 0 Å². The van der Waals surface area contributed by atoms with Gasteiger partial charge in [0.15, 0.2) is 0 Å². The van der Waals surface area contributed by atoms with Gasteiger partial charge in [-0.05, 0) is 36.9 Å². The van der Waals surface area contributed by atoms with E-state index in [0.29, 0.717) is 22.9 Å². The van der Waals surface area contributed by atoms with Crippen LogP contribution in [0.1, 0.15) is 20.8 Å². The van der Waals surface area contributed by atoms with Crippen LogP contribution in [0.25, 0.3) is 9.88 Å². The molecule has 0 atom stereocenters. The zero-order valence-corrected chi connectivity index (χ0v) is 18.6. The van der Waals surface area contributed by atoms with Crippen LogP contribution >= 0.6 is 22.7 Å². The lowest BCUT2D eigenvalue weighted by molar-refractivity contribution is 0.0702. The van der Waals surface area contributed by atoms with E-state index in [1.54, 1.807) is 28.5 Å². The van der Waals surface area contributed by atoms with Crippen molar-refractivity contribution in [3.8, 4) is 9.88 Å². The van der Waals surface area contributed by atoms with Gasteiger partial charge in [0, 0.05) is 26.2 Å². The molecule has 3 heterocycles. The summed E-state index contributed by atoms with van der Waals surface area (Å²) < 4.78 is 27.5. The monoisotopic (exact) mass is 447 g/mol. The first kappa shape index (κ1) is 20.2. The molecule has 1 aromatic carbocycles. The standard InChI is InChI=1S/C20H21N3O3S3/c1-14-5-6-18(15(2)12-14)29(25,26)23-9-7-22(8-10-23)20(24)17-13-21-19(28-17)16-4-3-11-27-16/h3-6,11-13H,7-10H2,1-2H3. The number of aryl methyl sites for hydroxylation is 2. The third-order valence-corrected chi connectivity index (χ3v) is 9.01. The summed E-state index contributed by atoms with van der Waals surface area (Å²) in [6.45, 7) is 5.08. The lowest BCUT2D eigenvalue weighted by Gasteiger charge is -2.34. The lowest BCUT2D eigenvalue weighted by atomic mass is 10.2. The number of thiophene rings is 1. The average Bonchev–Trinajstić information content (AvgIpc) is 3.39. The van der Waals surface area contributed by atoms with Crippen molar-refractivity contribution in [2.45, 2.75) is 18.7 Å². The summed E-state index contributed by atoms with van der Waals surface area (Å²) in [4.78, 5) is 20.9. The van der Waals surface area contributed by atoms with Crippen LogP contribution in [-0.2, 0) is 10.0 Å². The molecule has 29 heavy (non-hydrogen) atoms. The molecule has 1 aliphatic rings. The highest BCUT2D eigenvalue weighted by Gasteiger charge is 2.31. The highest BCUT2D eigenvalue weighted by molar-refractivity contribution is 7.89. The van der Waals surface area contributed by atoms with Gasteiger partial charge in [0.25, 0.3) is 5.91 Å². The van der Waals surface area contributed by atoms with Gasteiger partial charge in [-0.2, -0.15) is 4.31 Å². The number of piperazine rings is 1. The Labute approximate surface area is 178 Å². The van der Waals surface area contributed by atoms with Crippen LogP contribution in [0.3, 0.4) is 0 Å². The summed E-state index contributed by atoms with van der Waals surface area (Å²) in [7, 11) is -3.56. The molecule has 0 N–H and O–H groups in total. The van der Waals surface area contributed by atoms with Gasteiger partial charge in [-0.15, -0.1) is 22.7 Å². The Morgan fingerprint density at radius 3 is 2.52 bits per heavy atom. The van der Waals surface area contributed by atoms with E-state index >= 15 is 0 Å². The molecule has 152 valence electrons. The summed E-state index contributed by atoms with van der Waals surface area (Å²) in [5.74, 6) is -0.0890. The van der Waals surface area contributed by atoms with Crippen molar-refractivity contribution in [1.29, 1.82) is 0 Å². The molecule has 0 unspecified atom stereocenters. The highest BCUT2D eigenvalue weighted by Crippen LogP contribution is 2.30. The Hall–Kier alpha value is -2.07. The van der Waals surface area contributed by atoms with Crippen LogP contribution in [0.15, 0.2) is 46.8 Å². The molecule has 1 fully saturated rings. The van der Waals surface area contributed by atoms with Gasteiger partial charge in [0.1, 0.15) is 9.88 Å². The molecule has 1 saturated heterocycles. The van der Waals surface area contributed by atoms with Gasteiger partial charge in [0.2, 0.25) is 10.0 Å². The number of carbonyl (C=O) groups excluding carboxylic acids is 1. The first-order valence-electron chi connectivity index (χ1n) is 9.22. The second kappa shape index (κ2) is 7.98. The number of nitrogens with zero attached hydrogens (tertiary/aromatic N) is 3. The SMILES string of the molecule is Cc1ccc(S(=O)(=O)N2CCN(C(=O)c3cnc(-c4cccs4)s3)CC2)c(C)c1. The van der Waals surface area contributed by atoms with Gasteiger partial charge in [0.05, 0.1) is 16.0 Å². The Balaban J connectivity index is 1.44. The predicted octanol–water partition coefficient (Wildman–Crippen LogP) is 3.64. The van der Waals surface area contributed by atoms with Crippen LogP contribution in [0.2, 0.25) is 0 Å². The van der Waals surface area contributed by atoms with Crippen molar-refractivity contribution >= 4 is 38.6 Å². The number of thiazole rings is 1. The lowest BCUT2D eigenvalue weighted by Crippen LogP contribution is -2.50. The maximum Gasteiger partial charge on any atom is 0.265 e. The molecule has 0 radical (unpaired) electrons. The minimum absolute atomic E-state index is 0.0890. The fourth-order valence-electron chi connectivity index (χ4n) is 3.40. The first-order chi connectivity index (χ1) is 13.9. The van der Waals surface area contributed by atoms with Crippen molar-refractivity contribution in [2.24, 2.45) is 0 Å². The molecule has 1 amide bonds. The summed E-state index contributed by atoms with van der Waals surface area (Å²) in [6.07, 6.45) is 1.61. The van der Waals surface area contributed by atoms with Gasteiger partial charge in [-0.3, -0.25) is 4.79 Å². The zero-order valence-electron chi connectivity index (χ0n) is 16.2. The predicted molar refractivity (Wildman–Crippen MR) is 116 cm³/mol. The van der Waals surface area contributed by atoms with E-state index in [1.165, 1.54) is 15.6 Å². The summed E-state index contributed by atoms with van der Waals surface area (Å²) in [5, 5.41) is 2.81. The second-order valence-corrected chi connectivity index (χ2v) is 10.9. The third kappa shape index (κ3) is 4.00. The van der Waals surface area contributed by atoms with Crippen LogP contribution in [0, 0.1) is 13.8 Å². The van der Waals surface area contributed by atoms with Crippen molar-refractivity contribution in [1.82, 2.24) is 14.2 Å². The largest absolute Gasteiger partial charge is 0.335 e. The number of sulfonamides is 1. The van der Waals surface area contributed by atoms with E-state index in [-0.39, 0.29) is 19.0 Å². The molecule has 0 saturated carbocycles. The third-order valence-electron chi connectivity index (χ3n) is 4.92. The van der Waals surface area contributed by atoms with Gasteiger partial charge < -0.3 is 4.90 Å². The zero-order chi connectivity index (χ0) is 20.6. The van der Waals surface area contributed by atoms with Gasteiger partial charge in [-0.1, -0.05) is 23.8 Å². The molecule has 0 bridgehead atoms. The molecule has 3 aromatic rings. The molecule has 9 heteroatoms. The summed E-state index contributed by atoms with van der Waals surface area (Å²) in [6, 6.07) is 9.30. The molecule has 4 rings (SSSR count). The van der Waals surface area contributed by atoms with Crippen molar-refractivity contribution in [3.05, 3.63) is 57.9 Å². The van der Waals surface area contributed by atoms with Crippen molar-refractivity contribution in [2.75, 3.05) is 26.2 Å². The van der Waals surface area contributed by atoms with E-state index in [4.69, 9.17) is 0 Å². The first-order valence-corrected chi connectivity index (χ1v) is 12.4. The minimum Gasteiger partial charge on any atom is -0.335 e. The molecule has 2 aromatic heterocycles. The minimum atomic E-state index is -3.56. The molecule has 6 nitrogen and oxygen atoms in total.